The summed E-state index contributed by atoms with van der Waals surface area (Å²) in [6, 6.07) is 12.0. The lowest BCUT2D eigenvalue weighted by atomic mass is 10.4. The van der Waals surface area contributed by atoms with Crippen LogP contribution in [0, 0.1) is 16.2 Å². The minimum atomic E-state index is 0. The average Bonchev–Trinajstić information content (AvgIpc) is 2.24. The number of nitrogens with one attached hydrogen (secondary N) is 3. The molecule has 0 bridgehead atoms. The molecule has 0 aliphatic heterocycles. The molecule has 0 fully saturated rings. The van der Waals surface area contributed by atoms with Gasteiger partial charge in [0.1, 0.15) is 0 Å². The van der Waals surface area contributed by atoms with Gasteiger partial charge in [0.15, 0.2) is 0 Å². The van der Waals surface area contributed by atoms with Crippen LogP contribution >= 0.6 is 0 Å². The molecule has 16 heavy (non-hydrogen) atoms. The van der Waals surface area contributed by atoms with Crippen molar-refractivity contribution in [1.82, 2.24) is 0 Å². The molecule has 7 heteroatoms. The molecule has 0 amide bonds. The third-order valence-corrected chi connectivity index (χ3v) is 0.667. The highest BCUT2D eigenvalue weighted by Crippen LogP contribution is 1.79. The molecule has 0 aliphatic rings. The maximum Gasteiger partial charge on any atom is 0.231 e. The second-order valence-corrected chi connectivity index (χ2v) is 1.46. The van der Waals surface area contributed by atoms with E-state index in [1.807, 2.05) is 36.4 Å². The minimum absolute atomic E-state index is 0. The monoisotopic (exact) mass is 239 g/mol. The SMILES string of the molecule is N=C=O.N=C=O.N=C=O.[SiH4].c1ccccc1. The molecule has 0 aliphatic carbocycles. The lowest BCUT2D eigenvalue weighted by molar-refractivity contribution is 0.562. The van der Waals surface area contributed by atoms with Crippen LogP contribution in [0.1, 0.15) is 0 Å². The highest BCUT2D eigenvalue weighted by molar-refractivity contribution is 5.75. The lowest BCUT2D eigenvalue weighted by Gasteiger charge is -1.69. The van der Waals surface area contributed by atoms with E-state index in [4.69, 9.17) is 30.6 Å². The average molecular weight is 239 g/mol. The Balaban J connectivity index is -0.0000000637. The molecular formula is C9H13N3O3Si. The number of hydrogen-bond donors (Lipinski definition) is 3. The van der Waals surface area contributed by atoms with Gasteiger partial charge in [-0.2, -0.15) is 0 Å². The first kappa shape index (κ1) is 23.4. The van der Waals surface area contributed by atoms with Crippen LogP contribution in [0.5, 0.6) is 0 Å². The van der Waals surface area contributed by atoms with Crippen LogP contribution in [-0.4, -0.2) is 29.2 Å². The fourth-order valence-electron chi connectivity index (χ4n) is 0.385. The van der Waals surface area contributed by atoms with Crippen molar-refractivity contribution in [2.75, 3.05) is 0 Å². The predicted octanol–water partition coefficient (Wildman–Crippen LogP) is -0.0621. The van der Waals surface area contributed by atoms with Crippen molar-refractivity contribution >= 4 is 29.2 Å². The van der Waals surface area contributed by atoms with Crippen molar-refractivity contribution in [3.8, 4) is 0 Å². The van der Waals surface area contributed by atoms with E-state index >= 15 is 0 Å². The van der Waals surface area contributed by atoms with E-state index in [0.29, 0.717) is 0 Å². The zero-order valence-corrected chi connectivity index (χ0v) is 7.69. The molecule has 0 atom stereocenters. The first-order chi connectivity index (χ1) is 7.24. The Morgan fingerprint density at radius 2 is 0.625 bits per heavy atom. The highest BCUT2D eigenvalue weighted by Gasteiger charge is 1.57. The van der Waals surface area contributed by atoms with Gasteiger partial charge in [0, 0.05) is 0 Å². The van der Waals surface area contributed by atoms with Crippen molar-refractivity contribution in [1.29, 1.82) is 16.2 Å². The lowest BCUT2D eigenvalue weighted by Crippen LogP contribution is -1.47. The van der Waals surface area contributed by atoms with Crippen LogP contribution in [0.3, 0.4) is 0 Å². The van der Waals surface area contributed by atoms with Crippen molar-refractivity contribution in [3.05, 3.63) is 36.4 Å². The standard InChI is InChI=1S/C6H6.3CHNO.H4Si/c1-2-4-6-5-3-1;3*2-1-3;/h1-6H;3*2H;1H4. The summed E-state index contributed by atoms with van der Waals surface area (Å²) in [4.78, 5) is 25.0. The first-order valence-electron chi connectivity index (χ1n) is 3.36. The van der Waals surface area contributed by atoms with Gasteiger partial charge in [-0.05, 0) is 11.0 Å². The van der Waals surface area contributed by atoms with E-state index in [1.165, 1.54) is 0 Å². The Kier molecular flexibility index (Phi) is 57.0. The molecule has 0 spiro atoms. The fraction of sp³-hybridized carbons (Fsp3) is 0. The summed E-state index contributed by atoms with van der Waals surface area (Å²) in [5, 5.41) is 16.2. The number of isocyanates is 3. The highest BCUT2D eigenvalue weighted by atomic mass is 28.1. The van der Waals surface area contributed by atoms with Gasteiger partial charge in [0.05, 0.1) is 0 Å². The molecule has 1 aromatic rings. The van der Waals surface area contributed by atoms with Crippen LogP contribution in [0.15, 0.2) is 36.4 Å². The summed E-state index contributed by atoms with van der Waals surface area (Å²) in [5.41, 5.74) is 0. The Hall–Kier alpha value is -2.42. The summed E-state index contributed by atoms with van der Waals surface area (Å²) in [7, 11) is 0. The largest absolute Gasteiger partial charge is 0.231 e. The van der Waals surface area contributed by atoms with Gasteiger partial charge in [-0.25, -0.2) is 30.6 Å². The second-order valence-electron chi connectivity index (χ2n) is 1.46. The molecule has 0 saturated carbocycles. The van der Waals surface area contributed by atoms with E-state index in [9.17, 15) is 0 Å². The number of hydrogen-bond acceptors (Lipinski definition) is 6. The van der Waals surface area contributed by atoms with Crippen molar-refractivity contribution < 1.29 is 14.4 Å². The topological polar surface area (TPSA) is 123 Å². The quantitative estimate of drug-likeness (QED) is 0.334. The zero-order valence-electron chi connectivity index (χ0n) is 7.69. The third-order valence-electron chi connectivity index (χ3n) is 0.667. The van der Waals surface area contributed by atoms with Gasteiger partial charge < -0.3 is 0 Å². The molecule has 86 valence electrons. The van der Waals surface area contributed by atoms with E-state index in [0.717, 1.165) is 18.2 Å². The summed E-state index contributed by atoms with van der Waals surface area (Å²) in [6.45, 7) is 0. The number of carbonyl (C=O) groups excluding carboxylic acids is 3. The zero-order chi connectivity index (χ0) is 12.4. The van der Waals surface area contributed by atoms with Crippen LogP contribution in [-0.2, 0) is 14.4 Å². The van der Waals surface area contributed by atoms with E-state index in [-0.39, 0.29) is 11.0 Å². The Bertz CT molecular complexity index is 257. The summed E-state index contributed by atoms with van der Waals surface area (Å²) < 4.78 is 0. The van der Waals surface area contributed by atoms with Crippen LogP contribution in [0.2, 0.25) is 0 Å². The van der Waals surface area contributed by atoms with Gasteiger partial charge >= 0.3 is 0 Å². The Labute approximate surface area is 96.9 Å². The molecule has 3 N–H and O–H groups in total. The van der Waals surface area contributed by atoms with Gasteiger partial charge in [0.25, 0.3) is 0 Å². The van der Waals surface area contributed by atoms with Gasteiger partial charge in [-0.15, -0.1) is 0 Å². The van der Waals surface area contributed by atoms with E-state index < -0.39 is 0 Å². The second kappa shape index (κ2) is 39.0. The third kappa shape index (κ3) is 101. The van der Waals surface area contributed by atoms with E-state index in [1.54, 1.807) is 0 Å². The van der Waals surface area contributed by atoms with Crippen molar-refractivity contribution in [2.24, 2.45) is 0 Å². The van der Waals surface area contributed by atoms with Crippen LogP contribution in [0.25, 0.3) is 0 Å². The van der Waals surface area contributed by atoms with Gasteiger partial charge in [-0.3, -0.25) is 0 Å². The predicted molar refractivity (Wildman–Crippen MR) is 63.0 cm³/mol. The molecule has 6 nitrogen and oxygen atoms in total. The van der Waals surface area contributed by atoms with Crippen LogP contribution < -0.4 is 0 Å². The smallest absolute Gasteiger partial charge is 0.222 e. The molecule has 1 aromatic carbocycles. The first-order valence-corrected chi connectivity index (χ1v) is 3.36. The summed E-state index contributed by atoms with van der Waals surface area (Å²) in [5.74, 6) is 0. The molecule has 1 rings (SSSR count). The molecule has 0 saturated heterocycles. The maximum atomic E-state index is 8.35. The molecular weight excluding hydrogens is 226 g/mol. The normalized spacial score (nSPS) is 4.50. The number of benzene rings is 1. The molecule has 0 radical (unpaired) electrons. The van der Waals surface area contributed by atoms with Crippen molar-refractivity contribution in [2.45, 2.75) is 0 Å². The number of rotatable bonds is 0. The fourth-order valence-corrected chi connectivity index (χ4v) is 0.385. The molecule has 0 heterocycles. The van der Waals surface area contributed by atoms with Crippen molar-refractivity contribution in [3.63, 3.8) is 0 Å². The van der Waals surface area contributed by atoms with Gasteiger partial charge in [-0.1, -0.05) is 36.4 Å². The molecule has 0 aromatic heterocycles. The Morgan fingerprint density at radius 3 is 0.688 bits per heavy atom. The molecule has 0 unspecified atom stereocenters. The summed E-state index contributed by atoms with van der Waals surface area (Å²) >= 11 is 0. The Morgan fingerprint density at radius 1 is 0.562 bits per heavy atom. The van der Waals surface area contributed by atoms with E-state index in [2.05, 4.69) is 0 Å². The minimum Gasteiger partial charge on any atom is -0.222 e. The summed E-state index contributed by atoms with van der Waals surface area (Å²) in [6.07, 6.45) is 2.25. The maximum absolute atomic E-state index is 8.35. The van der Waals surface area contributed by atoms with Crippen LogP contribution in [0.4, 0.5) is 0 Å². The van der Waals surface area contributed by atoms with Gasteiger partial charge in [0.2, 0.25) is 18.2 Å².